The number of hydrogen-bond donors (Lipinski definition) is 2. The Bertz CT molecular complexity index is 1610. The lowest BCUT2D eigenvalue weighted by Gasteiger charge is -2.42. The molecule has 11 nitrogen and oxygen atoms in total. The Balaban J connectivity index is 1.66. The van der Waals surface area contributed by atoms with E-state index in [1.807, 2.05) is 105 Å². The van der Waals surface area contributed by atoms with Gasteiger partial charge in [0, 0.05) is 25.0 Å². The molecule has 4 atom stereocenters. The predicted molar refractivity (Wildman–Crippen MR) is 215 cm³/mol. The highest BCUT2D eigenvalue weighted by molar-refractivity contribution is 6.74. The molecule has 54 heavy (non-hydrogen) atoms. The van der Waals surface area contributed by atoms with Crippen molar-refractivity contribution in [1.82, 2.24) is 30.3 Å². The molecule has 2 N–H and O–H groups in total. The average Bonchev–Trinajstić information content (AvgIpc) is 3.64. The van der Waals surface area contributed by atoms with E-state index in [4.69, 9.17) is 9.16 Å². The van der Waals surface area contributed by atoms with Crippen LogP contribution in [0.25, 0.3) is 0 Å². The highest BCUT2D eigenvalue weighted by Crippen LogP contribution is 2.39. The molecule has 3 aromatic rings. The topological polar surface area (TPSA) is 128 Å². The Morgan fingerprint density at radius 2 is 1.37 bits per heavy atom. The van der Waals surface area contributed by atoms with Gasteiger partial charge in [-0.05, 0) is 88.1 Å². The molecule has 2 aromatic carbocycles. The maximum absolute atomic E-state index is 14.7. The minimum Gasteiger partial charge on any atom is -0.444 e. The van der Waals surface area contributed by atoms with E-state index in [-0.39, 0.29) is 28.8 Å². The van der Waals surface area contributed by atoms with Crippen LogP contribution >= 0.6 is 0 Å². The van der Waals surface area contributed by atoms with E-state index in [1.165, 1.54) is 0 Å². The molecule has 1 aliphatic rings. The number of carbonyl (C=O) groups excluding carboxylic acids is 3. The van der Waals surface area contributed by atoms with Crippen molar-refractivity contribution < 1.29 is 23.5 Å². The van der Waals surface area contributed by atoms with Crippen LogP contribution in [0.1, 0.15) is 91.8 Å². The van der Waals surface area contributed by atoms with E-state index >= 15 is 0 Å². The van der Waals surface area contributed by atoms with Crippen molar-refractivity contribution in [2.75, 3.05) is 13.1 Å². The Kier molecular flexibility index (Phi) is 14.7. The molecule has 1 fully saturated rings. The summed E-state index contributed by atoms with van der Waals surface area (Å²) in [5, 5.41) is 14.1. The number of hydrogen-bond acceptors (Lipinski definition) is 7. The van der Waals surface area contributed by atoms with Gasteiger partial charge in [-0.25, -0.2) is 4.79 Å². The van der Waals surface area contributed by atoms with Gasteiger partial charge in [0.25, 0.3) is 0 Å². The molecular formula is C42H64N6O5Si. The van der Waals surface area contributed by atoms with Crippen LogP contribution in [-0.2, 0) is 31.6 Å². The highest BCUT2D eigenvalue weighted by Gasteiger charge is 2.43. The number of carbonyl (C=O) groups is 3. The van der Waals surface area contributed by atoms with E-state index in [2.05, 4.69) is 54.7 Å². The molecule has 0 spiro atoms. The number of nitrogens with one attached hydrogen (secondary N) is 2. The number of piperidine rings is 1. The molecule has 1 saturated heterocycles. The lowest BCUT2D eigenvalue weighted by Crippen LogP contribution is -2.56. The van der Waals surface area contributed by atoms with Gasteiger partial charge < -0.3 is 29.3 Å². The standard InChI is InChI=1S/C42H64N6O5Si/c1-30(2)37(39(50)47-23-21-34(22-24-47)48-28-43-44-29-48)46-38(49)33(25-31-17-13-11-14-18-31)27-36(53-54(9,10)42(6,7)8)35(26-32-19-15-12-16-20-32)45-40(51)52-41(3,4)5/h11-20,28-30,33-37H,21-27H2,1-10H3,(H,45,51)(H,46,49)/t33-,35+,36-,37-/m0/s1. The summed E-state index contributed by atoms with van der Waals surface area (Å²) in [7, 11) is -2.45. The van der Waals surface area contributed by atoms with E-state index < -0.39 is 44.1 Å². The summed E-state index contributed by atoms with van der Waals surface area (Å²) >= 11 is 0. The summed E-state index contributed by atoms with van der Waals surface area (Å²) in [6, 6.07) is 19.0. The van der Waals surface area contributed by atoms with Crippen LogP contribution in [0.2, 0.25) is 18.1 Å². The number of alkyl carbamates (subject to hydrolysis) is 1. The third kappa shape index (κ3) is 12.5. The fourth-order valence-electron chi connectivity index (χ4n) is 6.68. The normalized spacial score (nSPS) is 16.7. The molecule has 1 aliphatic heterocycles. The quantitative estimate of drug-likeness (QED) is 0.155. The van der Waals surface area contributed by atoms with Gasteiger partial charge in [0.2, 0.25) is 11.8 Å². The Morgan fingerprint density at radius 3 is 1.87 bits per heavy atom. The van der Waals surface area contributed by atoms with Crippen LogP contribution in [0.3, 0.4) is 0 Å². The first kappa shape index (κ1) is 42.7. The van der Waals surface area contributed by atoms with Gasteiger partial charge in [-0.2, -0.15) is 0 Å². The predicted octanol–water partition coefficient (Wildman–Crippen LogP) is 7.36. The van der Waals surface area contributed by atoms with Gasteiger partial charge in [0.1, 0.15) is 24.3 Å². The first-order chi connectivity index (χ1) is 25.3. The summed E-state index contributed by atoms with van der Waals surface area (Å²) in [4.78, 5) is 44.1. The first-order valence-corrected chi connectivity index (χ1v) is 22.4. The fourth-order valence-corrected chi connectivity index (χ4v) is 8.05. The molecule has 12 heteroatoms. The van der Waals surface area contributed by atoms with Crippen molar-refractivity contribution in [3.63, 3.8) is 0 Å². The minimum atomic E-state index is -2.45. The molecule has 0 aliphatic carbocycles. The van der Waals surface area contributed by atoms with E-state index in [0.717, 1.165) is 24.0 Å². The van der Waals surface area contributed by atoms with Crippen LogP contribution in [0, 0.1) is 11.8 Å². The largest absolute Gasteiger partial charge is 0.444 e. The van der Waals surface area contributed by atoms with Crippen LogP contribution < -0.4 is 10.6 Å². The molecule has 0 bridgehead atoms. The minimum absolute atomic E-state index is 0.0679. The summed E-state index contributed by atoms with van der Waals surface area (Å²) in [5.41, 5.74) is 1.34. The monoisotopic (exact) mass is 760 g/mol. The molecule has 0 radical (unpaired) electrons. The fraction of sp³-hybridized carbons (Fsp3) is 0.595. The third-order valence-electron chi connectivity index (χ3n) is 10.8. The Hall–Kier alpha value is -4.03. The SMILES string of the molecule is CC(C)[C@H](NC(=O)[C@@H](Cc1ccccc1)C[C@H](O[Si](C)(C)C(C)(C)C)[C@@H](Cc1ccccc1)NC(=O)OC(C)(C)C)C(=O)N1CCC(n2cnnc2)CC1. The van der Waals surface area contributed by atoms with Crippen LogP contribution in [0.5, 0.6) is 0 Å². The van der Waals surface area contributed by atoms with E-state index in [9.17, 15) is 14.4 Å². The molecule has 2 heterocycles. The van der Waals surface area contributed by atoms with Gasteiger partial charge >= 0.3 is 6.09 Å². The second-order valence-corrected chi connectivity index (χ2v) is 22.4. The lowest BCUT2D eigenvalue weighted by atomic mass is 9.88. The molecule has 0 unspecified atom stereocenters. The van der Waals surface area contributed by atoms with E-state index in [0.29, 0.717) is 32.4 Å². The van der Waals surface area contributed by atoms with Gasteiger partial charge in [-0.15, -0.1) is 10.2 Å². The first-order valence-electron chi connectivity index (χ1n) is 19.5. The molecule has 4 rings (SSSR count). The second kappa shape index (κ2) is 18.5. The maximum atomic E-state index is 14.7. The maximum Gasteiger partial charge on any atom is 0.407 e. The van der Waals surface area contributed by atoms with Gasteiger partial charge in [0.15, 0.2) is 8.32 Å². The van der Waals surface area contributed by atoms with Gasteiger partial charge in [0.05, 0.1) is 12.1 Å². The van der Waals surface area contributed by atoms with Crippen molar-refractivity contribution in [1.29, 1.82) is 0 Å². The molecular weight excluding hydrogens is 697 g/mol. The molecule has 296 valence electrons. The smallest absolute Gasteiger partial charge is 0.407 e. The summed E-state index contributed by atoms with van der Waals surface area (Å²) in [5.74, 6) is -0.964. The number of ether oxygens (including phenoxy) is 1. The number of amides is 3. The summed E-state index contributed by atoms with van der Waals surface area (Å²) in [6.07, 6.45) is 5.21. The Morgan fingerprint density at radius 1 is 0.833 bits per heavy atom. The zero-order chi connectivity index (χ0) is 39.7. The van der Waals surface area contributed by atoms with Crippen LogP contribution in [0.15, 0.2) is 73.3 Å². The third-order valence-corrected chi connectivity index (χ3v) is 15.3. The molecule has 0 saturated carbocycles. The summed E-state index contributed by atoms with van der Waals surface area (Å²) < 4.78 is 15.0. The van der Waals surface area contributed by atoms with Crippen molar-refractivity contribution >= 4 is 26.2 Å². The molecule has 3 amide bonds. The van der Waals surface area contributed by atoms with Crippen LogP contribution in [0.4, 0.5) is 4.79 Å². The number of likely N-dealkylation sites (tertiary alicyclic amines) is 1. The molecule has 1 aromatic heterocycles. The summed E-state index contributed by atoms with van der Waals surface area (Å²) in [6.45, 7) is 21.6. The highest BCUT2D eigenvalue weighted by atomic mass is 28.4. The van der Waals surface area contributed by atoms with E-state index in [1.54, 1.807) is 12.7 Å². The van der Waals surface area contributed by atoms with Crippen molar-refractivity contribution in [2.45, 2.75) is 135 Å². The van der Waals surface area contributed by atoms with Crippen molar-refractivity contribution in [3.8, 4) is 0 Å². The van der Waals surface area contributed by atoms with Gasteiger partial charge in [-0.1, -0.05) is 95.3 Å². The number of nitrogens with zero attached hydrogens (tertiary/aromatic N) is 4. The lowest BCUT2D eigenvalue weighted by molar-refractivity contribution is -0.140. The Labute approximate surface area is 324 Å². The van der Waals surface area contributed by atoms with Gasteiger partial charge in [-0.3, -0.25) is 9.59 Å². The van der Waals surface area contributed by atoms with Crippen molar-refractivity contribution in [2.24, 2.45) is 11.8 Å². The zero-order valence-electron chi connectivity index (χ0n) is 34.2. The average molecular weight is 761 g/mol. The number of benzene rings is 2. The number of rotatable bonds is 15. The second-order valence-electron chi connectivity index (χ2n) is 17.7. The van der Waals surface area contributed by atoms with Crippen molar-refractivity contribution in [3.05, 3.63) is 84.4 Å². The number of aromatic nitrogens is 3. The zero-order valence-corrected chi connectivity index (χ0v) is 35.2. The van der Waals surface area contributed by atoms with Crippen LogP contribution in [-0.4, -0.2) is 82.8 Å².